The first-order chi connectivity index (χ1) is 10.2. The zero-order chi connectivity index (χ0) is 14.8. The molecule has 0 radical (unpaired) electrons. The van der Waals surface area contributed by atoms with E-state index < -0.39 is 0 Å². The van der Waals surface area contributed by atoms with Crippen molar-refractivity contribution < 1.29 is 10.2 Å². The minimum Gasteiger partial charge on any atom is -0.492 e. The Kier molecular flexibility index (Phi) is 3.87. The summed E-state index contributed by atoms with van der Waals surface area (Å²) in [6.45, 7) is 0.563. The topological polar surface area (TPSA) is 73.9 Å². The molecule has 0 amide bonds. The Morgan fingerprint density at radius 3 is 2.76 bits per heavy atom. The van der Waals surface area contributed by atoms with Crippen molar-refractivity contribution in [1.82, 2.24) is 19.5 Å². The van der Waals surface area contributed by atoms with Crippen LogP contribution in [0, 0.1) is 0 Å². The van der Waals surface area contributed by atoms with Gasteiger partial charge in [0, 0.05) is 6.54 Å². The second-order valence-corrected chi connectivity index (χ2v) is 5.77. The number of aromatic nitrogens is 3. The maximum atomic E-state index is 10.4. The lowest BCUT2D eigenvalue weighted by atomic mass is 10.0. The summed E-state index contributed by atoms with van der Waals surface area (Å²) in [5.74, 6) is 0.103. The van der Waals surface area contributed by atoms with E-state index in [1.54, 1.807) is 0 Å². The minimum atomic E-state index is -0.146. The fourth-order valence-electron chi connectivity index (χ4n) is 2.40. The summed E-state index contributed by atoms with van der Waals surface area (Å²) in [4.78, 5) is 7.55. The molecule has 3 aromatic rings. The number of fused-ring (bicyclic) bond motifs is 1. The average Bonchev–Trinajstić information content (AvgIpc) is 3.05. The number of hydrogen-bond donors (Lipinski definition) is 2. The molecular weight excluding hydrogens is 288 g/mol. The Balaban J connectivity index is 2.10. The van der Waals surface area contributed by atoms with Gasteiger partial charge >= 0.3 is 0 Å². The van der Waals surface area contributed by atoms with Gasteiger partial charge in [-0.1, -0.05) is 41.7 Å². The SMILES string of the molecule is CN(CCO)C(c1ccccc1)c1sc2ncnn2c1O. The number of likely N-dealkylation sites (N-methyl/N-ethyl adjacent to an activating group) is 1. The molecule has 0 aliphatic heterocycles. The predicted molar refractivity (Wildman–Crippen MR) is 80.5 cm³/mol. The highest BCUT2D eigenvalue weighted by Gasteiger charge is 2.26. The molecule has 0 aliphatic carbocycles. The first-order valence-corrected chi connectivity index (χ1v) is 7.41. The lowest BCUT2D eigenvalue weighted by Gasteiger charge is -2.26. The van der Waals surface area contributed by atoms with Crippen molar-refractivity contribution in [2.24, 2.45) is 0 Å². The molecule has 2 N–H and O–H groups in total. The van der Waals surface area contributed by atoms with E-state index in [1.807, 2.05) is 42.3 Å². The second-order valence-electron chi connectivity index (χ2n) is 4.76. The zero-order valence-corrected chi connectivity index (χ0v) is 12.4. The number of aromatic hydroxyl groups is 1. The van der Waals surface area contributed by atoms with E-state index in [0.29, 0.717) is 11.5 Å². The first-order valence-electron chi connectivity index (χ1n) is 6.59. The van der Waals surface area contributed by atoms with Crippen LogP contribution in [0.15, 0.2) is 36.7 Å². The highest BCUT2D eigenvalue weighted by molar-refractivity contribution is 7.17. The van der Waals surface area contributed by atoms with Gasteiger partial charge in [-0.05, 0) is 12.6 Å². The van der Waals surface area contributed by atoms with Gasteiger partial charge in [-0.25, -0.2) is 4.98 Å². The summed E-state index contributed by atoms with van der Waals surface area (Å²) < 4.78 is 1.43. The summed E-state index contributed by atoms with van der Waals surface area (Å²) in [5, 5.41) is 23.6. The number of aliphatic hydroxyl groups excluding tert-OH is 1. The van der Waals surface area contributed by atoms with Crippen molar-refractivity contribution >= 4 is 16.3 Å². The summed E-state index contributed by atoms with van der Waals surface area (Å²) in [6, 6.07) is 9.75. The minimum absolute atomic E-state index is 0.0569. The number of rotatable bonds is 5. The Labute approximate surface area is 125 Å². The standard InChI is InChI=1S/C14H16N4O2S/c1-17(7-8-19)11(10-5-3-2-4-6-10)12-13(20)18-14(21-12)15-9-16-18/h2-6,9,11,19-20H,7-8H2,1H3. The fraction of sp³-hybridized carbons (Fsp3) is 0.286. The van der Waals surface area contributed by atoms with E-state index in [9.17, 15) is 10.2 Å². The van der Waals surface area contributed by atoms with E-state index in [4.69, 9.17) is 0 Å². The quantitative estimate of drug-likeness (QED) is 0.747. The molecule has 0 saturated carbocycles. The van der Waals surface area contributed by atoms with Gasteiger partial charge in [-0.3, -0.25) is 4.90 Å². The van der Waals surface area contributed by atoms with E-state index in [1.165, 1.54) is 22.2 Å². The summed E-state index contributed by atoms with van der Waals surface area (Å²) >= 11 is 1.40. The summed E-state index contributed by atoms with van der Waals surface area (Å²) in [5.41, 5.74) is 1.05. The lowest BCUT2D eigenvalue weighted by molar-refractivity contribution is 0.196. The van der Waals surface area contributed by atoms with Crippen LogP contribution in [0.2, 0.25) is 0 Å². The van der Waals surface area contributed by atoms with Crippen molar-refractivity contribution in [3.05, 3.63) is 47.1 Å². The molecule has 0 fully saturated rings. The Morgan fingerprint density at radius 2 is 2.10 bits per heavy atom. The molecule has 110 valence electrons. The van der Waals surface area contributed by atoms with Gasteiger partial charge in [0.05, 0.1) is 17.5 Å². The van der Waals surface area contributed by atoms with Crippen LogP contribution in [0.1, 0.15) is 16.5 Å². The molecule has 0 saturated heterocycles. The number of thiazole rings is 1. The molecule has 1 atom stereocenters. The molecule has 2 aromatic heterocycles. The Hall–Kier alpha value is -1.96. The summed E-state index contributed by atoms with van der Waals surface area (Å²) in [6.07, 6.45) is 1.42. The lowest BCUT2D eigenvalue weighted by Crippen LogP contribution is -2.28. The van der Waals surface area contributed by atoms with Crippen LogP contribution in [-0.2, 0) is 0 Å². The van der Waals surface area contributed by atoms with Crippen LogP contribution in [0.5, 0.6) is 5.88 Å². The van der Waals surface area contributed by atoms with Crippen molar-refractivity contribution in [2.75, 3.05) is 20.2 Å². The molecule has 21 heavy (non-hydrogen) atoms. The molecule has 2 heterocycles. The molecule has 0 bridgehead atoms. The largest absolute Gasteiger partial charge is 0.492 e. The monoisotopic (exact) mass is 304 g/mol. The van der Waals surface area contributed by atoms with E-state index in [0.717, 1.165) is 10.4 Å². The molecule has 3 rings (SSSR count). The third-order valence-electron chi connectivity index (χ3n) is 3.40. The number of nitrogens with zero attached hydrogens (tertiary/aromatic N) is 4. The van der Waals surface area contributed by atoms with Crippen LogP contribution in [-0.4, -0.2) is 49.9 Å². The highest BCUT2D eigenvalue weighted by atomic mass is 32.1. The van der Waals surface area contributed by atoms with Gasteiger partial charge in [0.2, 0.25) is 10.8 Å². The van der Waals surface area contributed by atoms with Crippen LogP contribution >= 0.6 is 11.3 Å². The molecule has 0 spiro atoms. The summed E-state index contributed by atoms with van der Waals surface area (Å²) in [7, 11) is 1.92. The maximum Gasteiger partial charge on any atom is 0.230 e. The van der Waals surface area contributed by atoms with Crippen molar-refractivity contribution in [3.8, 4) is 5.88 Å². The van der Waals surface area contributed by atoms with Crippen LogP contribution in [0.4, 0.5) is 0 Å². The van der Waals surface area contributed by atoms with Gasteiger partial charge < -0.3 is 10.2 Å². The van der Waals surface area contributed by atoms with Gasteiger partial charge in [-0.15, -0.1) is 0 Å². The third-order valence-corrected chi connectivity index (χ3v) is 4.48. The Bertz CT molecular complexity index is 725. The number of aliphatic hydroxyl groups is 1. The normalized spacial score (nSPS) is 13.1. The van der Waals surface area contributed by atoms with Gasteiger partial charge in [-0.2, -0.15) is 9.61 Å². The van der Waals surface area contributed by atoms with E-state index >= 15 is 0 Å². The second kappa shape index (κ2) is 5.80. The maximum absolute atomic E-state index is 10.4. The first kappa shape index (κ1) is 14.0. The van der Waals surface area contributed by atoms with Crippen LogP contribution < -0.4 is 0 Å². The molecule has 6 nitrogen and oxygen atoms in total. The van der Waals surface area contributed by atoms with Gasteiger partial charge in [0.25, 0.3) is 0 Å². The molecule has 0 aliphatic rings. The van der Waals surface area contributed by atoms with Gasteiger partial charge in [0.15, 0.2) is 0 Å². The van der Waals surface area contributed by atoms with Gasteiger partial charge in [0.1, 0.15) is 6.33 Å². The third kappa shape index (κ3) is 2.51. The highest BCUT2D eigenvalue weighted by Crippen LogP contribution is 2.38. The van der Waals surface area contributed by atoms with Crippen LogP contribution in [0.3, 0.4) is 0 Å². The average molecular weight is 304 g/mol. The van der Waals surface area contributed by atoms with Crippen molar-refractivity contribution in [2.45, 2.75) is 6.04 Å². The Morgan fingerprint density at radius 1 is 1.33 bits per heavy atom. The van der Waals surface area contributed by atoms with E-state index in [-0.39, 0.29) is 18.5 Å². The molecular formula is C14H16N4O2S. The number of benzene rings is 1. The number of hydrogen-bond acceptors (Lipinski definition) is 6. The molecule has 1 unspecified atom stereocenters. The molecule has 7 heteroatoms. The fourth-order valence-corrected chi connectivity index (χ4v) is 3.52. The van der Waals surface area contributed by atoms with Crippen molar-refractivity contribution in [3.63, 3.8) is 0 Å². The smallest absolute Gasteiger partial charge is 0.230 e. The van der Waals surface area contributed by atoms with Crippen LogP contribution in [0.25, 0.3) is 4.96 Å². The van der Waals surface area contributed by atoms with Crippen molar-refractivity contribution in [1.29, 1.82) is 0 Å². The zero-order valence-electron chi connectivity index (χ0n) is 11.5. The van der Waals surface area contributed by atoms with E-state index in [2.05, 4.69) is 10.1 Å². The predicted octanol–water partition coefficient (Wildman–Crippen LogP) is 1.51. The molecule has 1 aromatic carbocycles.